The summed E-state index contributed by atoms with van der Waals surface area (Å²) in [6.45, 7) is 0. The van der Waals surface area contributed by atoms with Crippen molar-refractivity contribution in [2.24, 2.45) is 0 Å². The summed E-state index contributed by atoms with van der Waals surface area (Å²) in [6.07, 6.45) is 0.300. The number of hydrazine groups is 1. The molecule has 1 aliphatic rings. The van der Waals surface area contributed by atoms with Gasteiger partial charge in [-0.25, -0.2) is 10.9 Å². The van der Waals surface area contributed by atoms with E-state index in [1.807, 2.05) is 30.3 Å². The van der Waals surface area contributed by atoms with Gasteiger partial charge in [0.2, 0.25) is 5.75 Å². The van der Waals surface area contributed by atoms with Crippen LogP contribution in [0.15, 0.2) is 41.2 Å². The van der Waals surface area contributed by atoms with E-state index in [-0.39, 0.29) is 17.8 Å². The fourth-order valence-electron chi connectivity index (χ4n) is 3.69. The molecule has 1 fully saturated rings. The number of hydrogen-bond acceptors (Lipinski definition) is 7. The summed E-state index contributed by atoms with van der Waals surface area (Å²) >= 11 is 5.45. The first-order chi connectivity index (χ1) is 14.1. The second-order valence-electron chi connectivity index (χ2n) is 6.70. The molecule has 8 nitrogen and oxygen atoms in total. The largest absolute Gasteiger partial charge is 0.493 e. The standard InChI is InChI=1S/C20H22N4O4S/c1-26-15-8-11(9-16(27-2)18(15)28-3)14-10-17(23-22-14)24-19(25)12-6-4-5-7-13(12)21-20(24)29/h4-9,14,17,22-23H,10H2,1-3H3,(H,21,29). The minimum Gasteiger partial charge on any atom is -0.493 e. The van der Waals surface area contributed by atoms with Gasteiger partial charge in [-0.3, -0.25) is 9.36 Å². The molecule has 0 aliphatic carbocycles. The van der Waals surface area contributed by atoms with Crippen LogP contribution >= 0.6 is 12.2 Å². The zero-order valence-corrected chi connectivity index (χ0v) is 17.1. The highest BCUT2D eigenvalue weighted by Crippen LogP contribution is 2.41. The van der Waals surface area contributed by atoms with Gasteiger partial charge in [-0.05, 0) is 42.0 Å². The van der Waals surface area contributed by atoms with Crippen molar-refractivity contribution in [2.75, 3.05) is 21.3 Å². The molecule has 0 radical (unpaired) electrons. The zero-order valence-electron chi connectivity index (χ0n) is 16.3. The maximum Gasteiger partial charge on any atom is 0.263 e. The number of methoxy groups -OCH3 is 3. The molecule has 1 aromatic heterocycles. The van der Waals surface area contributed by atoms with Gasteiger partial charge in [-0.2, -0.15) is 0 Å². The minimum absolute atomic E-state index is 0.0820. The van der Waals surface area contributed by atoms with Crippen molar-refractivity contribution in [2.45, 2.75) is 18.6 Å². The molecule has 4 rings (SSSR count). The van der Waals surface area contributed by atoms with E-state index in [0.717, 1.165) is 11.1 Å². The summed E-state index contributed by atoms with van der Waals surface area (Å²) in [5, 5.41) is 0.596. The molecule has 0 saturated carbocycles. The van der Waals surface area contributed by atoms with Crippen LogP contribution < -0.4 is 30.6 Å². The van der Waals surface area contributed by atoms with E-state index in [1.165, 1.54) is 0 Å². The van der Waals surface area contributed by atoms with Crippen molar-refractivity contribution in [3.63, 3.8) is 0 Å². The smallest absolute Gasteiger partial charge is 0.263 e. The van der Waals surface area contributed by atoms with Crippen LogP contribution in [-0.2, 0) is 0 Å². The highest BCUT2D eigenvalue weighted by atomic mass is 32.1. The minimum atomic E-state index is -0.306. The summed E-state index contributed by atoms with van der Waals surface area (Å²) < 4.78 is 18.2. The average molecular weight is 414 g/mol. The average Bonchev–Trinajstić information content (AvgIpc) is 3.22. The predicted octanol–water partition coefficient (Wildman–Crippen LogP) is 2.82. The molecule has 1 saturated heterocycles. The lowest BCUT2D eigenvalue weighted by atomic mass is 10.0. The molecule has 2 unspecified atom stereocenters. The third kappa shape index (κ3) is 3.37. The van der Waals surface area contributed by atoms with E-state index in [4.69, 9.17) is 26.4 Å². The van der Waals surface area contributed by atoms with E-state index >= 15 is 0 Å². The quantitative estimate of drug-likeness (QED) is 0.553. The third-order valence-electron chi connectivity index (χ3n) is 5.12. The van der Waals surface area contributed by atoms with Gasteiger partial charge in [0.25, 0.3) is 5.56 Å². The Hall–Kier alpha value is -2.88. The SMILES string of the molecule is COc1cc(C2CC(n3c(=S)[nH]c4ccccc4c3=O)NN2)cc(OC)c1OC. The first kappa shape index (κ1) is 19.4. The lowest BCUT2D eigenvalue weighted by Gasteiger charge is -2.17. The van der Waals surface area contributed by atoms with Crippen LogP contribution in [0.4, 0.5) is 0 Å². The van der Waals surface area contributed by atoms with Crippen LogP contribution in [0.5, 0.6) is 17.2 Å². The second kappa shape index (κ2) is 7.86. The molecule has 1 aliphatic heterocycles. The molecule has 2 aromatic carbocycles. The highest BCUT2D eigenvalue weighted by molar-refractivity contribution is 7.71. The molecule has 2 atom stereocenters. The van der Waals surface area contributed by atoms with Crippen molar-refractivity contribution in [3.8, 4) is 17.2 Å². The van der Waals surface area contributed by atoms with Crippen LogP contribution in [0.2, 0.25) is 0 Å². The molecular weight excluding hydrogens is 392 g/mol. The molecular formula is C20H22N4O4S. The first-order valence-electron chi connectivity index (χ1n) is 9.12. The predicted molar refractivity (Wildman–Crippen MR) is 112 cm³/mol. The van der Waals surface area contributed by atoms with Gasteiger partial charge >= 0.3 is 0 Å². The van der Waals surface area contributed by atoms with E-state index in [1.54, 1.807) is 32.0 Å². The first-order valence-corrected chi connectivity index (χ1v) is 9.52. The maximum atomic E-state index is 13.0. The summed E-state index contributed by atoms with van der Waals surface area (Å²) in [4.78, 5) is 16.2. The number of nitrogens with one attached hydrogen (secondary N) is 3. The van der Waals surface area contributed by atoms with Gasteiger partial charge < -0.3 is 19.2 Å². The number of H-pyrrole nitrogens is 1. The number of aromatic amines is 1. The number of para-hydroxylation sites is 1. The molecule has 2 heterocycles. The van der Waals surface area contributed by atoms with Crippen LogP contribution in [-0.4, -0.2) is 30.9 Å². The molecule has 0 spiro atoms. The summed E-state index contributed by atoms with van der Waals surface area (Å²) in [5.41, 5.74) is 7.97. The number of hydrogen-bond donors (Lipinski definition) is 3. The van der Waals surface area contributed by atoms with Crippen LogP contribution in [0.1, 0.15) is 24.2 Å². The van der Waals surface area contributed by atoms with Crippen molar-refractivity contribution in [1.82, 2.24) is 20.4 Å². The molecule has 3 N–H and O–H groups in total. The summed E-state index contributed by atoms with van der Waals surface area (Å²) in [7, 11) is 4.73. The second-order valence-corrected chi connectivity index (χ2v) is 7.09. The highest BCUT2D eigenvalue weighted by Gasteiger charge is 2.29. The number of ether oxygens (including phenoxy) is 3. The molecule has 152 valence electrons. The van der Waals surface area contributed by atoms with Crippen molar-refractivity contribution in [1.29, 1.82) is 0 Å². The van der Waals surface area contributed by atoms with Gasteiger partial charge in [-0.1, -0.05) is 12.1 Å². The van der Waals surface area contributed by atoms with Crippen LogP contribution in [0.25, 0.3) is 10.9 Å². The molecule has 9 heteroatoms. The lowest BCUT2D eigenvalue weighted by molar-refractivity contribution is 0.323. The van der Waals surface area contributed by atoms with Gasteiger partial charge in [0.05, 0.1) is 32.2 Å². The van der Waals surface area contributed by atoms with Crippen LogP contribution in [0, 0.1) is 4.77 Å². The van der Waals surface area contributed by atoms with Crippen molar-refractivity contribution in [3.05, 3.63) is 57.1 Å². The Morgan fingerprint density at radius 2 is 1.72 bits per heavy atom. The zero-order chi connectivity index (χ0) is 20.5. The van der Waals surface area contributed by atoms with Gasteiger partial charge in [0, 0.05) is 12.5 Å². The Morgan fingerprint density at radius 1 is 1.03 bits per heavy atom. The summed E-state index contributed by atoms with van der Waals surface area (Å²) in [5.74, 6) is 1.69. The number of benzene rings is 2. The van der Waals surface area contributed by atoms with Gasteiger partial charge in [0.15, 0.2) is 16.3 Å². The van der Waals surface area contributed by atoms with E-state index < -0.39 is 0 Å². The van der Waals surface area contributed by atoms with E-state index in [9.17, 15) is 4.79 Å². The van der Waals surface area contributed by atoms with E-state index in [0.29, 0.717) is 33.8 Å². The van der Waals surface area contributed by atoms with Crippen molar-refractivity contribution < 1.29 is 14.2 Å². The number of rotatable bonds is 5. The number of aromatic nitrogens is 2. The van der Waals surface area contributed by atoms with Crippen LogP contribution in [0.3, 0.4) is 0 Å². The Labute approximate surface area is 172 Å². The van der Waals surface area contributed by atoms with Gasteiger partial charge in [0.1, 0.15) is 6.17 Å². The number of nitrogens with zero attached hydrogens (tertiary/aromatic N) is 1. The van der Waals surface area contributed by atoms with E-state index in [2.05, 4.69) is 15.8 Å². The van der Waals surface area contributed by atoms with Crippen molar-refractivity contribution >= 4 is 23.1 Å². The maximum absolute atomic E-state index is 13.0. The molecule has 0 amide bonds. The fraction of sp³-hybridized carbons (Fsp3) is 0.300. The normalized spacial score (nSPS) is 18.7. The fourth-order valence-corrected chi connectivity index (χ4v) is 4.01. The molecule has 0 bridgehead atoms. The Morgan fingerprint density at radius 3 is 2.38 bits per heavy atom. The number of fused-ring (bicyclic) bond motifs is 1. The van der Waals surface area contributed by atoms with Gasteiger partial charge in [-0.15, -0.1) is 0 Å². The topological polar surface area (TPSA) is 89.5 Å². The monoisotopic (exact) mass is 414 g/mol. The molecule has 29 heavy (non-hydrogen) atoms. The summed E-state index contributed by atoms with van der Waals surface area (Å²) in [6, 6.07) is 11.0. The Bertz CT molecular complexity index is 1150. The Balaban J connectivity index is 1.70. The third-order valence-corrected chi connectivity index (χ3v) is 5.42. The molecule has 3 aromatic rings. The Kier molecular flexibility index (Phi) is 5.27. The lowest BCUT2D eigenvalue weighted by Crippen LogP contribution is -2.35.